The van der Waals surface area contributed by atoms with E-state index in [4.69, 9.17) is 0 Å². The van der Waals surface area contributed by atoms with Crippen LogP contribution in [0, 0.1) is 5.82 Å². The van der Waals surface area contributed by atoms with Gasteiger partial charge in [0.2, 0.25) is 0 Å². The van der Waals surface area contributed by atoms with Gasteiger partial charge in [-0.25, -0.2) is 14.0 Å². The average Bonchev–Trinajstić information content (AvgIpc) is 2.36. The quantitative estimate of drug-likeness (QED) is 0.792. The fourth-order valence-electron chi connectivity index (χ4n) is 1.20. The molecule has 6 nitrogen and oxygen atoms in total. The van der Waals surface area contributed by atoms with E-state index in [2.05, 4.69) is 10.1 Å². The van der Waals surface area contributed by atoms with Crippen molar-refractivity contribution in [2.75, 3.05) is 13.2 Å². The highest BCUT2D eigenvalue weighted by Gasteiger charge is 2.14. The van der Waals surface area contributed by atoms with Crippen LogP contribution in [0.15, 0.2) is 24.3 Å². The van der Waals surface area contributed by atoms with Crippen molar-refractivity contribution in [3.63, 3.8) is 0 Å². The third kappa shape index (κ3) is 4.74. The highest BCUT2D eigenvalue weighted by Crippen LogP contribution is 2.07. The lowest BCUT2D eigenvalue weighted by Crippen LogP contribution is -2.41. The van der Waals surface area contributed by atoms with Crippen molar-refractivity contribution in [1.82, 2.24) is 10.6 Å². The number of carbonyl (C=O) groups excluding carboxylic acids is 3. The van der Waals surface area contributed by atoms with Gasteiger partial charge in [-0.1, -0.05) is 12.1 Å². The van der Waals surface area contributed by atoms with Gasteiger partial charge in [-0.05, 0) is 19.1 Å². The Bertz CT molecular complexity index is 490. The summed E-state index contributed by atoms with van der Waals surface area (Å²) in [6, 6.07) is 4.54. The van der Waals surface area contributed by atoms with Gasteiger partial charge in [-0.3, -0.25) is 10.1 Å². The van der Waals surface area contributed by atoms with E-state index in [9.17, 15) is 18.8 Å². The Morgan fingerprint density at radius 2 is 1.95 bits per heavy atom. The molecule has 0 unspecified atom stereocenters. The van der Waals surface area contributed by atoms with Crippen LogP contribution in [-0.4, -0.2) is 31.1 Å². The van der Waals surface area contributed by atoms with E-state index < -0.39 is 30.3 Å². The van der Waals surface area contributed by atoms with Crippen LogP contribution in [0.2, 0.25) is 0 Å². The molecule has 0 heterocycles. The standard InChI is InChI=1S/C12H13FN2O4/c1-2-14-12(18)15-10(16)7-19-11(17)8-5-3-4-6-9(8)13/h3-6H,2,7H2,1H3,(H2,14,15,16,18). The molecule has 2 N–H and O–H groups in total. The fourth-order valence-corrected chi connectivity index (χ4v) is 1.20. The van der Waals surface area contributed by atoms with Gasteiger partial charge < -0.3 is 10.1 Å². The summed E-state index contributed by atoms with van der Waals surface area (Å²) < 4.78 is 17.8. The molecule has 7 heteroatoms. The first-order valence-corrected chi connectivity index (χ1v) is 5.54. The van der Waals surface area contributed by atoms with Gasteiger partial charge in [0, 0.05) is 6.54 Å². The SMILES string of the molecule is CCNC(=O)NC(=O)COC(=O)c1ccccc1F. The van der Waals surface area contributed by atoms with Crippen molar-refractivity contribution in [1.29, 1.82) is 0 Å². The molecule has 102 valence electrons. The van der Waals surface area contributed by atoms with Gasteiger partial charge in [0.25, 0.3) is 5.91 Å². The maximum atomic E-state index is 13.2. The summed E-state index contributed by atoms with van der Waals surface area (Å²) >= 11 is 0. The third-order valence-corrected chi connectivity index (χ3v) is 2.02. The number of urea groups is 1. The molecule has 0 aliphatic heterocycles. The summed E-state index contributed by atoms with van der Waals surface area (Å²) in [5.41, 5.74) is -0.270. The predicted molar refractivity (Wildman–Crippen MR) is 63.9 cm³/mol. The lowest BCUT2D eigenvalue weighted by molar-refractivity contribution is -0.123. The molecule has 0 radical (unpaired) electrons. The molecule has 0 atom stereocenters. The summed E-state index contributed by atoms with van der Waals surface area (Å²) in [7, 11) is 0. The molecule has 0 saturated carbocycles. The molecule has 0 aliphatic carbocycles. The number of imide groups is 1. The number of hydrogen-bond acceptors (Lipinski definition) is 4. The number of rotatable bonds is 4. The molecular formula is C12H13FN2O4. The van der Waals surface area contributed by atoms with Gasteiger partial charge >= 0.3 is 12.0 Å². The monoisotopic (exact) mass is 268 g/mol. The fraction of sp³-hybridized carbons (Fsp3) is 0.250. The van der Waals surface area contributed by atoms with Crippen molar-refractivity contribution in [2.45, 2.75) is 6.92 Å². The highest BCUT2D eigenvalue weighted by molar-refractivity contribution is 5.97. The number of benzene rings is 1. The van der Waals surface area contributed by atoms with E-state index in [0.29, 0.717) is 6.54 Å². The first kappa shape index (κ1) is 14.6. The number of hydrogen-bond donors (Lipinski definition) is 2. The normalized spacial score (nSPS) is 9.58. The van der Waals surface area contributed by atoms with E-state index in [1.54, 1.807) is 6.92 Å². The van der Waals surface area contributed by atoms with Crippen LogP contribution in [0.25, 0.3) is 0 Å². The number of ether oxygens (including phenoxy) is 1. The Balaban J connectivity index is 2.45. The van der Waals surface area contributed by atoms with Crippen LogP contribution in [-0.2, 0) is 9.53 Å². The van der Waals surface area contributed by atoms with Crippen molar-refractivity contribution in [2.24, 2.45) is 0 Å². The molecule has 1 rings (SSSR count). The number of nitrogens with one attached hydrogen (secondary N) is 2. The second kappa shape index (κ2) is 7.10. The van der Waals surface area contributed by atoms with Gasteiger partial charge in [-0.15, -0.1) is 0 Å². The minimum Gasteiger partial charge on any atom is -0.452 e. The Morgan fingerprint density at radius 3 is 2.58 bits per heavy atom. The topological polar surface area (TPSA) is 84.5 Å². The maximum Gasteiger partial charge on any atom is 0.341 e. The molecule has 19 heavy (non-hydrogen) atoms. The summed E-state index contributed by atoms with van der Waals surface area (Å²) in [5.74, 6) is -2.50. The second-order valence-electron chi connectivity index (χ2n) is 3.46. The molecule has 0 spiro atoms. The van der Waals surface area contributed by atoms with Crippen LogP contribution >= 0.6 is 0 Å². The van der Waals surface area contributed by atoms with Crippen LogP contribution in [0.5, 0.6) is 0 Å². The van der Waals surface area contributed by atoms with Gasteiger partial charge in [0.1, 0.15) is 5.82 Å². The minimum absolute atomic E-state index is 0.270. The van der Waals surface area contributed by atoms with Crippen LogP contribution in [0.4, 0.5) is 9.18 Å². The van der Waals surface area contributed by atoms with E-state index in [1.165, 1.54) is 18.2 Å². The molecule has 0 saturated heterocycles. The summed E-state index contributed by atoms with van der Waals surface area (Å²) in [5, 5.41) is 4.28. The molecule has 1 aromatic carbocycles. The summed E-state index contributed by atoms with van der Waals surface area (Å²) in [6.07, 6.45) is 0. The lowest BCUT2D eigenvalue weighted by Gasteiger charge is -2.06. The molecule has 3 amide bonds. The zero-order valence-corrected chi connectivity index (χ0v) is 10.2. The van der Waals surface area contributed by atoms with E-state index in [0.717, 1.165) is 6.07 Å². The first-order valence-electron chi connectivity index (χ1n) is 5.54. The molecule has 0 aliphatic rings. The zero-order valence-electron chi connectivity index (χ0n) is 10.2. The zero-order chi connectivity index (χ0) is 14.3. The van der Waals surface area contributed by atoms with Gasteiger partial charge in [0.15, 0.2) is 6.61 Å². The van der Waals surface area contributed by atoms with Crippen LogP contribution < -0.4 is 10.6 Å². The second-order valence-corrected chi connectivity index (χ2v) is 3.46. The highest BCUT2D eigenvalue weighted by atomic mass is 19.1. The predicted octanol–water partition coefficient (Wildman–Crippen LogP) is 0.828. The summed E-state index contributed by atoms with van der Waals surface area (Å²) in [4.78, 5) is 33.6. The van der Waals surface area contributed by atoms with Crippen molar-refractivity contribution >= 4 is 17.9 Å². The Hall–Kier alpha value is -2.44. The van der Waals surface area contributed by atoms with Crippen molar-refractivity contribution in [3.05, 3.63) is 35.6 Å². The Morgan fingerprint density at radius 1 is 1.26 bits per heavy atom. The average molecular weight is 268 g/mol. The molecule has 0 bridgehead atoms. The lowest BCUT2D eigenvalue weighted by atomic mass is 10.2. The smallest absolute Gasteiger partial charge is 0.341 e. The number of esters is 1. The van der Waals surface area contributed by atoms with Crippen molar-refractivity contribution in [3.8, 4) is 0 Å². The van der Waals surface area contributed by atoms with Crippen LogP contribution in [0.3, 0.4) is 0 Å². The van der Waals surface area contributed by atoms with Gasteiger partial charge in [0.05, 0.1) is 5.56 Å². The molecule has 0 fully saturated rings. The largest absolute Gasteiger partial charge is 0.452 e. The summed E-state index contributed by atoms with van der Waals surface area (Å²) in [6.45, 7) is 1.38. The van der Waals surface area contributed by atoms with E-state index >= 15 is 0 Å². The van der Waals surface area contributed by atoms with E-state index in [-0.39, 0.29) is 5.56 Å². The van der Waals surface area contributed by atoms with Crippen LogP contribution in [0.1, 0.15) is 17.3 Å². The number of halogens is 1. The maximum absolute atomic E-state index is 13.2. The minimum atomic E-state index is -0.968. The molecule has 1 aromatic rings. The number of carbonyl (C=O) groups is 3. The third-order valence-electron chi connectivity index (χ3n) is 2.02. The number of amides is 3. The Labute approximate surface area is 108 Å². The molecular weight excluding hydrogens is 255 g/mol. The Kier molecular flexibility index (Phi) is 5.46. The van der Waals surface area contributed by atoms with Gasteiger partial charge in [-0.2, -0.15) is 0 Å². The van der Waals surface area contributed by atoms with E-state index in [1.807, 2.05) is 5.32 Å². The molecule has 0 aromatic heterocycles. The van der Waals surface area contributed by atoms with Crippen molar-refractivity contribution < 1.29 is 23.5 Å². The first-order chi connectivity index (χ1) is 9.04.